The van der Waals surface area contributed by atoms with Crippen LogP contribution in [0.2, 0.25) is 0 Å². The van der Waals surface area contributed by atoms with Crippen molar-refractivity contribution in [1.82, 2.24) is 0 Å². The minimum atomic E-state index is -0.720. The molecule has 1 aliphatic heterocycles. The maximum atomic E-state index is 6.55. The smallest absolute Gasteiger partial charge is 0.231 e. The number of ether oxygens (including phenoxy) is 2. The molecule has 0 aromatic carbocycles. The van der Waals surface area contributed by atoms with E-state index in [-0.39, 0.29) is 11.7 Å². The lowest BCUT2D eigenvalue weighted by Crippen LogP contribution is -2.52. The fourth-order valence-corrected chi connectivity index (χ4v) is 7.11. The Morgan fingerprint density at radius 1 is 1.00 bits per heavy atom. The van der Waals surface area contributed by atoms with Crippen molar-refractivity contribution < 1.29 is 9.47 Å². The molecule has 1 spiro atoms. The lowest BCUT2D eigenvalue weighted by molar-refractivity contribution is -0.152. The maximum absolute atomic E-state index is 6.55. The van der Waals surface area contributed by atoms with Gasteiger partial charge < -0.3 is 9.47 Å². The van der Waals surface area contributed by atoms with Crippen LogP contribution in [-0.4, -0.2) is 17.5 Å². The minimum absolute atomic E-state index is 0.183. The van der Waals surface area contributed by atoms with Gasteiger partial charge in [0.1, 0.15) is 0 Å². The quantitative estimate of drug-likeness (QED) is 0.618. The van der Waals surface area contributed by atoms with E-state index in [4.69, 9.17) is 9.47 Å². The molecule has 22 heavy (non-hydrogen) atoms. The van der Waals surface area contributed by atoms with E-state index in [0.717, 1.165) is 18.3 Å². The van der Waals surface area contributed by atoms with Crippen molar-refractivity contribution in [1.29, 1.82) is 0 Å². The standard InChI is InChI=1S/C20H30O2/c1-7-10-18(5)21-16-12-20-11-15(19(16,6)22-18)17(3,4)14(20)9-8-13(20)2/h13-16H,8-9,11-12H2,1-6H3/t13-,14+,15-,16+,18+,19-,20-/m1/s1. The van der Waals surface area contributed by atoms with Crippen LogP contribution in [0.3, 0.4) is 0 Å². The highest BCUT2D eigenvalue weighted by atomic mass is 16.8. The summed E-state index contributed by atoms with van der Waals surface area (Å²) in [6.07, 6.45) is 5.45. The van der Waals surface area contributed by atoms with Crippen LogP contribution >= 0.6 is 0 Å². The van der Waals surface area contributed by atoms with Gasteiger partial charge in [0.15, 0.2) is 0 Å². The summed E-state index contributed by atoms with van der Waals surface area (Å²) in [6, 6.07) is 0. The number of hydrogen-bond donors (Lipinski definition) is 0. The molecule has 4 aliphatic rings. The SMILES string of the molecule is CC#C[C@@]1(C)O[C@H]2C[C@@]34C[C@H](C(C)(C)[C@@H]3CC[C@H]4C)[C@@]2(C)O1. The van der Waals surface area contributed by atoms with E-state index < -0.39 is 5.79 Å². The zero-order valence-corrected chi connectivity index (χ0v) is 15.0. The van der Waals surface area contributed by atoms with Gasteiger partial charge in [-0.1, -0.05) is 20.8 Å². The van der Waals surface area contributed by atoms with E-state index in [1.807, 2.05) is 13.8 Å². The second-order valence-electron chi connectivity index (χ2n) is 9.26. The van der Waals surface area contributed by atoms with Gasteiger partial charge in [-0.15, -0.1) is 5.92 Å². The average molecular weight is 302 g/mol. The summed E-state index contributed by atoms with van der Waals surface area (Å²) in [6.45, 7) is 13.6. The van der Waals surface area contributed by atoms with Gasteiger partial charge in [0.2, 0.25) is 5.79 Å². The largest absolute Gasteiger partial charge is 0.333 e. The van der Waals surface area contributed by atoms with Crippen molar-refractivity contribution in [2.45, 2.75) is 84.7 Å². The number of rotatable bonds is 0. The normalized spacial score (nSPS) is 57.9. The fraction of sp³-hybridized carbons (Fsp3) is 0.900. The summed E-state index contributed by atoms with van der Waals surface area (Å²) >= 11 is 0. The first-order chi connectivity index (χ1) is 10.2. The maximum Gasteiger partial charge on any atom is 0.231 e. The Hall–Kier alpha value is -0.520. The van der Waals surface area contributed by atoms with Crippen LogP contribution < -0.4 is 0 Å². The molecule has 0 N–H and O–H groups in total. The van der Waals surface area contributed by atoms with Crippen molar-refractivity contribution in [3.05, 3.63) is 0 Å². The summed E-state index contributed by atoms with van der Waals surface area (Å²) in [5.74, 6) is 7.67. The zero-order chi connectivity index (χ0) is 16.0. The third-order valence-electron chi connectivity index (χ3n) is 7.97. The van der Waals surface area contributed by atoms with Gasteiger partial charge in [0.25, 0.3) is 0 Å². The minimum Gasteiger partial charge on any atom is -0.333 e. The molecule has 3 aliphatic carbocycles. The van der Waals surface area contributed by atoms with E-state index in [1.54, 1.807) is 0 Å². The molecule has 0 unspecified atom stereocenters. The van der Waals surface area contributed by atoms with Crippen molar-refractivity contribution in [3.63, 3.8) is 0 Å². The summed E-state index contributed by atoms with van der Waals surface area (Å²) in [7, 11) is 0. The first-order valence-corrected chi connectivity index (χ1v) is 9.00. The van der Waals surface area contributed by atoms with Crippen molar-refractivity contribution >= 4 is 0 Å². The molecule has 0 aromatic heterocycles. The van der Waals surface area contributed by atoms with Gasteiger partial charge in [-0.2, -0.15) is 0 Å². The van der Waals surface area contributed by atoms with Crippen LogP contribution in [-0.2, 0) is 9.47 Å². The Morgan fingerprint density at radius 2 is 1.73 bits per heavy atom. The topological polar surface area (TPSA) is 18.5 Å². The van der Waals surface area contributed by atoms with Gasteiger partial charge in [-0.05, 0) is 74.0 Å². The van der Waals surface area contributed by atoms with E-state index >= 15 is 0 Å². The lowest BCUT2D eigenvalue weighted by Gasteiger charge is -2.47. The highest BCUT2D eigenvalue weighted by Crippen LogP contribution is 2.75. The van der Waals surface area contributed by atoms with Gasteiger partial charge in [-0.25, -0.2) is 0 Å². The predicted octanol–water partition coefficient (Wildman–Crippen LogP) is 4.38. The van der Waals surface area contributed by atoms with E-state index in [9.17, 15) is 0 Å². The van der Waals surface area contributed by atoms with E-state index in [1.165, 1.54) is 19.3 Å². The Balaban J connectivity index is 1.79. The third-order valence-corrected chi connectivity index (χ3v) is 7.97. The van der Waals surface area contributed by atoms with Crippen LogP contribution in [0.25, 0.3) is 0 Å². The van der Waals surface area contributed by atoms with Crippen LogP contribution in [0.5, 0.6) is 0 Å². The molecule has 4 rings (SSSR count). The molecule has 3 saturated carbocycles. The molecule has 4 fully saturated rings. The second kappa shape index (κ2) is 4.11. The molecule has 2 bridgehead atoms. The first kappa shape index (κ1) is 15.0. The average Bonchev–Trinajstić information content (AvgIpc) is 2.92. The summed E-state index contributed by atoms with van der Waals surface area (Å²) in [4.78, 5) is 0. The second-order valence-corrected chi connectivity index (χ2v) is 9.26. The lowest BCUT2D eigenvalue weighted by atomic mass is 9.63. The summed E-state index contributed by atoms with van der Waals surface area (Å²) < 4.78 is 13.0. The highest BCUT2D eigenvalue weighted by molar-refractivity contribution is 5.23. The van der Waals surface area contributed by atoms with Crippen molar-refractivity contribution in [2.75, 3.05) is 0 Å². The molecule has 2 heteroatoms. The van der Waals surface area contributed by atoms with Crippen molar-refractivity contribution in [2.24, 2.45) is 28.6 Å². The Morgan fingerprint density at radius 3 is 2.41 bits per heavy atom. The molecule has 122 valence electrons. The molecule has 0 radical (unpaired) electrons. The molecular formula is C20H30O2. The molecule has 0 amide bonds. The van der Waals surface area contributed by atoms with Gasteiger partial charge in [-0.3, -0.25) is 0 Å². The molecule has 1 heterocycles. The molecule has 2 nitrogen and oxygen atoms in total. The molecule has 7 atom stereocenters. The number of fused-ring (bicyclic) bond motifs is 3. The monoisotopic (exact) mass is 302 g/mol. The molecule has 1 saturated heterocycles. The van der Waals surface area contributed by atoms with E-state index in [2.05, 4.69) is 39.5 Å². The molecular weight excluding hydrogens is 272 g/mol. The third kappa shape index (κ3) is 1.55. The Bertz CT molecular complexity index is 570. The Labute approximate surface area is 135 Å². The van der Waals surface area contributed by atoms with Crippen LogP contribution in [0.15, 0.2) is 0 Å². The first-order valence-electron chi connectivity index (χ1n) is 9.00. The van der Waals surface area contributed by atoms with Crippen LogP contribution in [0.4, 0.5) is 0 Å². The van der Waals surface area contributed by atoms with Crippen LogP contribution in [0, 0.1) is 40.4 Å². The fourth-order valence-electron chi connectivity index (χ4n) is 7.11. The summed E-state index contributed by atoms with van der Waals surface area (Å²) in [5, 5.41) is 0. The van der Waals surface area contributed by atoms with Crippen molar-refractivity contribution in [3.8, 4) is 11.8 Å². The highest BCUT2D eigenvalue weighted by Gasteiger charge is 2.74. The summed E-state index contributed by atoms with van der Waals surface area (Å²) in [5.41, 5.74) is 0.631. The predicted molar refractivity (Wildman–Crippen MR) is 87.0 cm³/mol. The number of hydrogen-bond acceptors (Lipinski definition) is 2. The van der Waals surface area contributed by atoms with Gasteiger partial charge in [0.05, 0.1) is 11.7 Å². The van der Waals surface area contributed by atoms with Gasteiger partial charge >= 0.3 is 0 Å². The Kier molecular flexibility index (Phi) is 2.81. The van der Waals surface area contributed by atoms with E-state index in [0.29, 0.717) is 16.7 Å². The van der Waals surface area contributed by atoms with Gasteiger partial charge in [0, 0.05) is 6.92 Å². The zero-order valence-electron chi connectivity index (χ0n) is 15.0. The molecule has 0 aromatic rings. The van der Waals surface area contributed by atoms with Crippen LogP contribution in [0.1, 0.15) is 67.2 Å².